The number of nitrogens with one attached hydrogen (secondary N) is 1. The second kappa shape index (κ2) is 11.4. The van der Waals surface area contributed by atoms with Crippen LogP contribution in [-0.4, -0.2) is 45.4 Å². The molecule has 1 aromatic heterocycles. The number of aromatic nitrogens is 4. The van der Waals surface area contributed by atoms with Crippen LogP contribution < -0.4 is 14.9 Å². The van der Waals surface area contributed by atoms with Gasteiger partial charge in [0.15, 0.2) is 23.1 Å². The Kier molecular flexibility index (Phi) is 7.79. The third kappa shape index (κ3) is 6.30. The molecule has 0 fully saturated rings. The smallest absolute Gasteiger partial charge is 0.345 e. The number of carbonyl (C=O) groups is 2. The van der Waals surface area contributed by atoms with Crippen molar-refractivity contribution >= 4 is 29.7 Å². The Hall–Kier alpha value is -4.71. The third-order valence-corrected chi connectivity index (χ3v) is 5.11. The first-order valence-electron chi connectivity index (χ1n) is 10.5. The van der Waals surface area contributed by atoms with Crippen molar-refractivity contribution in [2.45, 2.75) is 6.54 Å². The lowest BCUT2D eigenvalue weighted by Crippen LogP contribution is -2.24. The third-order valence-electron chi connectivity index (χ3n) is 4.79. The van der Waals surface area contributed by atoms with Crippen LogP contribution in [0.25, 0.3) is 11.4 Å². The zero-order valence-corrected chi connectivity index (χ0v) is 19.8. The van der Waals surface area contributed by atoms with Crippen LogP contribution in [-0.2, 0) is 11.3 Å². The Balaban J connectivity index is 1.36. The van der Waals surface area contributed by atoms with Crippen LogP contribution >= 0.6 is 11.6 Å². The molecule has 0 atom stereocenters. The number of ether oxygens (including phenoxy) is 2. The van der Waals surface area contributed by atoms with Crippen LogP contribution in [0.5, 0.6) is 11.5 Å². The number of amides is 1. The van der Waals surface area contributed by atoms with Crippen LogP contribution in [0.2, 0.25) is 5.02 Å². The Bertz CT molecular complexity index is 1480. The zero-order chi connectivity index (χ0) is 26.4. The van der Waals surface area contributed by atoms with Crippen molar-refractivity contribution in [2.75, 3.05) is 7.11 Å². The topological polar surface area (TPSA) is 121 Å². The Morgan fingerprint density at radius 1 is 1.08 bits per heavy atom. The maximum absolute atomic E-state index is 13.5. The minimum atomic E-state index is -1.24. The normalized spacial score (nSPS) is 10.9. The molecule has 0 saturated heterocycles. The zero-order valence-electron chi connectivity index (χ0n) is 19.1. The molecule has 3 aromatic carbocycles. The molecule has 0 spiro atoms. The second-order valence-electron chi connectivity index (χ2n) is 7.35. The summed E-state index contributed by atoms with van der Waals surface area (Å²) in [5.41, 5.74) is 3.25. The Morgan fingerprint density at radius 2 is 1.84 bits per heavy atom. The van der Waals surface area contributed by atoms with E-state index in [9.17, 15) is 18.4 Å². The Labute approximate surface area is 213 Å². The fourth-order valence-corrected chi connectivity index (χ4v) is 3.27. The quantitative estimate of drug-likeness (QED) is 0.122. The average Bonchev–Trinajstić information content (AvgIpc) is 3.35. The summed E-state index contributed by atoms with van der Waals surface area (Å²) in [7, 11) is 1.34. The largest absolute Gasteiger partial charge is 0.493 e. The highest BCUT2D eigenvalue weighted by atomic mass is 35.5. The van der Waals surface area contributed by atoms with Gasteiger partial charge in [0.05, 0.1) is 23.9 Å². The van der Waals surface area contributed by atoms with Gasteiger partial charge in [0, 0.05) is 5.56 Å². The highest BCUT2D eigenvalue weighted by molar-refractivity contribution is 6.33. The van der Waals surface area contributed by atoms with Gasteiger partial charge in [-0.3, -0.25) is 4.79 Å². The van der Waals surface area contributed by atoms with Gasteiger partial charge in [0.2, 0.25) is 5.82 Å². The monoisotopic (exact) mass is 526 g/mol. The van der Waals surface area contributed by atoms with Crippen LogP contribution in [0, 0.1) is 11.6 Å². The summed E-state index contributed by atoms with van der Waals surface area (Å²) in [6.45, 7) is -0.206. The first kappa shape index (κ1) is 25.4. The van der Waals surface area contributed by atoms with Crippen molar-refractivity contribution in [2.24, 2.45) is 5.10 Å². The van der Waals surface area contributed by atoms with Gasteiger partial charge in [-0.25, -0.2) is 19.0 Å². The lowest BCUT2D eigenvalue weighted by Gasteiger charge is -2.11. The van der Waals surface area contributed by atoms with E-state index in [1.807, 2.05) is 30.3 Å². The van der Waals surface area contributed by atoms with E-state index < -0.39 is 23.5 Å². The number of nitrogens with zero attached hydrogens (tertiary/aromatic N) is 5. The minimum absolute atomic E-state index is 0.000891. The first-order valence-corrected chi connectivity index (χ1v) is 10.9. The molecule has 10 nitrogen and oxygen atoms in total. The standard InChI is InChI=1S/C24H17ClF2N6O4/c1-36-21-9-14(7-8-20(21)37-24(35)16-10-18(26)19(27)11-17(16)25)12-28-29-22(34)13-33-31-23(30-32-33)15-5-3-2-4-6-15/h2-12H,13H2,1H3,(H,29,34)/b28-12+. The summed E-state index contributed by atoms with van der Waals surface area (Å²) in [6.07, 6.45) is 1.34. The van der Waals surface area contributed by atoms with E-state index in [-0.39, 0.29) is 28.6 Å². The van der Waals surface area contributed by atoms with E-state index >= 15 is 0 Å². The highest BCUT2D eigenvalue weighted by Gasteiger charge is 2.19. The maximum atomic E-state index is 13.5. The van der Waals surface area contributed by atoms with Gasteiger partial charge in [-0.2, -0.15) is 9.90 Å². The van der Waals surface area contributed by atoms with E-state index in [4.69, 9.17) is 21.1 Å². The summed E-state index contributed by atoms with van der Waals surface area (Å²) < 4.78 is 37.2. The van der Waals surface area contributed by atoms with E-state index in [0.717, 1.165) is 10.4 Å². The predicted molar refractivity (Wildman–Crippen MR) is 128 cm³/mol. The average molecular weight is 527 g/mol. The van der Waals surface area contributed by atoms with E-state index in [1.165, 1.54) is 31.5 Å². The molecule has 1 amide bonds. The number of methoxy groups -OCH3 is 1. The number of halogens is 3. The molecule has 188 valence electrons. The van der Waals surface area contributed by atoms with Crippen LogP contribution in [0.1, 0.15) is 15.9 Å². The minimum Gasteiger partial charge on any atom is -0.493 e. The SMILES string of the molecule is COc1cc(/C=N/NC(=O)Cn2nnc(-c3ccccc3)n2)ccc1OC(=O)c1cc(F)c(F)cc1Cl. The van der Waals surface area contributed by atoms with Crippen LogP contribution in [0.4, 0.5) is 8.78 Å². The summed E-state index contributed by atoms with van der Waals surface area (Å²) in [5, 5.41) is 15.5. The molecule has 0 aliphatic rings. The molecule has 4 aromatic rings. The molecule has 0 aliphatic heterocycles. The molecular weight excluding hydrogens is 510 g/mol. The summed E-state index contributed by atoms with van der Waals surface area (Å²) in [5.74, 6) is -3.40. The van der Waals surface area contributed by atoms with Crippen molar-refractivity contribution in [3.8, 4) is 22.9 Å². The number of hydrogen-bond acceptors (Lipinski definition) is 8. The highest BCUT2D eigenvalue weighted by Crippen LogP contribution is 2.29. The predicted octanol–water partition coefficient (Wildman–Crippen LogP) is 3.65. The lowest BCUT2D eigenvalue weighted by atomic mass is 10.2. The van der Waals surface area contributed by atoms with Crippen molar-refractivity contribution in [1.82, 2.24) is 25.6 Å². The van der Waals surface area contributed by atoms with Crippen LogP contribution in [0.3, 0.4) is 0 Å². The molecule has 1 heterocycles. The molecule has 0 saturated carbocycles. The second-order valence-corrected chi connectivity index (χ2v) is 7.76. The molecule has 37 heavy (non-hydrogen) atoms. The lowest BCUT2D eigenvalue weighted by molar-refractivity contribution is -0.122. The Morgan fingerprint density at radius 3 is 2.59 bits per heavy atom. The van der Waals surface area contributed by atoms with E-state index in [0.29, 0.717) is 23.5 Å². The summed E-state index contributed by atoms with van der Waals surface area (Å²) in [4.78, 5) is 25.7. The molecule has 0 unspecified atom stereocenters. The number of tetrazole rings is 1. The summed E-state index contributed by atoms with van der Waals surface area (Å²) >= 11 is 5.82. The van der Waals surface area contributed by atoms with E-state index in [2.05, 4.69) is 25.9 Å². The summed E-state index contributed by atoms with van der Waals surface area (Å²) in [6, 6.07) is 14.9. The maximum Gasteiger partial charge on any atom is 0.345 e. The molecule has 0 bridgehead atoms. The van der Waals surface area contributed by atoms with Crippen molar-refractivity contribution in [3.63, 3.8) is 0 Å². The number of esters is 1. The number of hydrogen-bond donors (Lipinski definition) is 1. The van der Waals surface area contributed by atoms with Crippen molar-refractivity contribution < 1.29 is 27.8 Å². The first-order chi connectivity index (χ1) is 17.8. The van der Waals surface area contributed by atoms with Crippen LogP contribution in [0.15, 0.2) is 65.8 Å². The fourth-order valence-electron chi connectivity index (χ4n) is 3.04. The van der Waals surface area contributed by atoms with Gasteiger partial charge >= 0.3 is 5.97 Å². The fraction of sp³-hybridized carbons (Fsp3) is 0.0833. The molecule has 4 rings (SSSR count). The van der Waals surface area contributed by atoms with Gasteiger partial charge in [-0.15, -0.1) is 10.2 Å². The van der Waals surface area contributed by atoms with Gasteiger partial charge in [-0.1, -0.05) is 41.9 Å². The molecule has 0 radical (unpaired) electrons. The van der Waals surface area contributed by atoms with Gasteiger partial charge < -0.3 is 9.47 Å². The van der Waals surface area contributed by atoms with Crippen molar-refractivity contribution in [3.05, 3.63) is 88.4 Å². The number of carbonyl (C=O) groups excluding carboxylic acids is 2. The van der Waals surface area contributed by atoms with Crippen molar-refractivity contribution in [1.29, 1.82) is 0 Å². The number of rotatable bonds is 8. The molecule has 0 aliphatic carbocycles. The molecular formula is C24H17ClF2N6O4. The van der Waals surface area contributed by atoms with Gasteiger partial charge in [0.25, 0.3) is 5.91 Å². The molecule has 1 N–H and O–H groups in total. The van der Waals surface area contributed by atoms with Gasteiger partial charge in [0.1, 0.15) is 6.54 Å². The van der Waals surface area contributed by atoms with E-state index in [1.54, 1.807) is 0 Å². The van der Waals surface area contributed by atoms with Gasteiger partial charge in [-0.05, 0) is 41.1 Å². The number of hydrazone groups is 1. The molecule has 13 heteroatoms. The number of benzene rings is 3.